The summed E-state index contributed by atoms with van der Waals surface area (Å²) in [6.45, 7) is 8.30. The van der Waals surface area contributed by atoms with Crippen LogP contribution in [-0.2, 0) is 6.54 Å². The van der Waals surface area contributed by atoms with Crippen LogP contribution in [-0.4, -0.2) is 21.7 Å². The first-order valence-corrected chi connectivity index (χ1v) is 7.21. The molecule has 0 saturated heterocycles. The minimum absolute atomic E-state index is 0.0172. The highest BCUT2D eigenvalue weighted by Crippen LogP contribution is 2.13. The van der Waals surface area contributed by atoms with Crippen LogP contribution in [0.2, 0.25) is 0 Å². The maximum Gasteiger partial charge on any atom is 0.274 e. The lowest BCUT2D eigenvalue weighted by Gasteiger charge is -2.13. The third kappa shape index (κ3) is 3.29. The average Bonchev–Trinajstić information content (AvgIpc) is 2.40. The summed E-state index contributed by atoms with van der Waals surface area (Å²) in [6, 6.07) is 7.13. The molecule has 0 aliphatic heterocycles. The largest absolute Gasteiger partial charge is 0.348 e. The predicted octanol–water partition coefficient (Wildman–Crippen LogP) is 2.19. The second-order valence-electron chi connectivity index (χ2n) is 5.90. The quantitative estimate of drug-likeness (QED) is 0.937. The summed E-state index contributed by atoms with van der Waals surface area (Å²) in [5, 5.41) is 8.25. The van der Waals surface area contributed by atoms with Gasteiger partial charge in [0.05, 0.1) is 5.39 Å². The molecule has 21 heavy (non-hydrogen) atoms. The number of carbonyl (C=O) groups excluding carboxylic acids is 1. The van der Waals surface area contributed by atoms with Gasteiger partial charge in [-0.2, -0.15) is 5.10 Å². The number of hydrogen-bond donors (Lipinski definition) is 1. The normalized spacial score (nSPS) is 11.3. The molecule has 0 saturated carbocycles. The molecular formula is C16H21N3O2. The van der Waals surface area contributed by atoms with Gasteiger partial charge < -0.3 is 5.32 Å². The zero-order valence-corrected chi connectivity index (χ0v) is 12.9. The summed E-state index contributed by atoms with van der Waals surface area (Å²) in [5.74, 6) is 0.0241. The third-order valence-electron chi connectivity index (χ3n) is 3.04. The molecule has 0 aliphatic carbocycles. The summed E-state index contributed by atoms with van der Waals surface area (Å²) < 4.78 is 1.39. The monoisotopic (exact) mass is 287 g/mol. The van der Waals surface area contributed by atoms with Gasteiger partial charge in [0.2, 0.25) is 0 Å². The van der Waals surface area contributed by atoms with Crippen LogP contribution in [0.25, 0.3) is 10.8 Å². The zero-order chi connectivity index (χ0) is 15.6. The number of carbonyl (C=O) groups is 1. The molecule has 1 heterocycles. The van der Waals surface area contributed by atoms with Gasteiger partial charge in [-0.25, -0.2) is 4.68 Å². The van der Waals surface area contributed by atoms with Gasteiger partial charge in [0.1, 0.15) is 0 Å². The molecule has 0 radical (unpaired) electrons. The van der Waals surface area contributed by atoms with E-state index >= 15 is 0 Å². The Balaban J connectivity index is 2.65. The number of nitrogens with zero attached hydrogens (tertiary/aromatic N) is 2. The molecule has 5 heteroatoms. The zero-order valence-electron chi connectivity index (χ0n) is 12.9. The van der Waals surface area contributed by atoms with Crippen molar-refractivity contribution >= 4 is 16.7 Å². The molecule has 0 bridgehead atoms. The van der Waals surface area contributed by atoms with Crippen molar-refractivity contribution in [3.8, 4) is 0 Å². The SMILES string of the molecule is CC(C)Cn1nc(C(=O)NC(C)C)c2ccccc2c1=O. The van der Waals surface area contributed by atoms with Gasteiger partial charge >= 0.3 is 0 Å². The lowest BCUT2D eigenvalue weighted by molar-refractivity contribution is 0.0937. The van der Waals surface area contributed by atoms with E-state index in [2.05, 4.69) is 10.4 Å². The van der Waals surface area contributed by atoms with Gasteiger partial charge in [-0.15, -0.1) is 0 Å². The molecular weight excluding hydrogens is 266 g/mol. The minimum atomic E-state index is -0.251. The highest BCUT2D eigenvalue weighted by Gasteiger charge is 2.17. The number of aromatic nitrogens is 2. The van der Waals surface area contributed by atoms with Gasteiger partial charge in [0.15, 0.2) is 5.69 Å². The molecule has 1 aromatic heterocycles. The second kappa shape index (κ2) is 6.08. The Morgan fingerprint density at radius 2 is 1.81 bits per heavy atom. The van der Waals surface area contributed by atoms with Crippen LogP contribution in [0.1, 0.15) is 38.2 Å². The second-order valence-corrected chi connectivity index (χ2v) is 5.90. The predicted molar refractivity (Wildman–Crippen MR) is 83.4 cm³/mol. The fraction of sp³-hybridized carbons (Fsp3) is 0.438. The molecule has 1 amide bonds. The number of benzene rings is 1. The first kappa shape index (κ1) is 15.2. The van der Waals surface area contributed by atoms with Crippen molar-refractivity contribution in [2.75, 3.05) is 0 Å². The van der Waals surface area contributed by atoms with E-state index in [4.69, 9.17) is 0 Å². The molecule has 1 aromatic carbocycles. The summed E-state index contributed by atoms with van der Waals surface area (Å²) in [4.78, 5) is 24.8. The van der Waals surface area contributed by atoms with E-state index in [1.54, 1.807) is 18.2 Å². The molecule has 0 aliphatic rings. The Hall–Kier alpha value is -2.17. The summed E-state index contributed by atoms with van der Waals surface area (Å²) in [5.41, 5.74) is 0.153. The van der Waals surface area contributed by atoms with Gasteiger partial charge in [-0.1, -0.05) is 32.0 Å². The maximum absolute atomic E-state index is 12.4. The molecule has 2 aromatic rings. The molecule has 112 valence electrons. The molecule has 1 N–H and O–H groups in total. The van der Waals surface area contributed by atoms with Crippen LogP contribution in [0.5, 0.6) is 0 Å². The topological polar surface area (TPSA) is 64.0 Å². The van der Waals surface area contributed by atoms with Gasteiger partial charge in [-0.3, -0.25) is 9.59 Å². The van der Waals surface area contributed by atoms with Crippen molar-refractivity contribution < 1.29 is 4.79 Å². The van der Waals surface area contributed by atoms with Crippen LogP contribution in [0.15, 0.2) is 29.1 Å². The number of amides is 1. The summed E-state index contributed by atoms with van der Waals surface area (Å²) in [6.07, 6.45) is 0. The van der Waals surface area contributed by atoms with E-state index in [1.807, 2.05) is 33.8 Å². The number of nitrogens with one attached hydrogen (secondary N) is 1. The Kier molecular flexibility index (Phi) is 4.40. The van der Waals surface area contributed by atoms with Gasteiger partial charge in [0.25, 0.3) is 11.5 Å². The van der Waals surface area contributed by atoms with Crippen molar-refractivity contribution in [3.05, 3.63) is 40.3 Å². The molecule has 2 rings (SSSR count). The lowest BCUT2D eigenvalue weighted by Crippen LogP contribution is -2.34. The molecule has 0 fully saturated rings. The fourth-order valence-corrected chi connectivity index (χ4v) is 2.20. The third-order valence-corrected chi connectivity index (χ3v) is 3.04. The maximum atomic E-state index is 12.4. The first-order chi connectivity index (χ1) is 9.90. The van der Waals surface area contributed by atoms with Gasteiger partial charge in [-0.05, 0) is 25.8 Å². The summed E-state index contributed by atoms with van der Waals surface area (Å²) in [7, 11) is 0. The Morgan fingerprint density at radius 1 is 1.19 bits per heavy atom. The van der Waals surface area contributed by atoms with E-state index < -0.39 is 0 Å². The van der Waals surface area contributed by atoms with Crippen molar-refractivity contribution in [2.45, 2.75) is 40.3 Å². The van der Waals surface area contributed by atoms with Crippen molar-refractivity contribution in [2.24, 2.45) is 5.92 Å². The fourth-order valence-electron chi connectivity index (χ4n) is 2.20. The highest BCUT2D eigenvalue weighted by atomic mass is 16.2. The number of fused-ring (bicyclic) bond motifs is 1. The molecule has 0 unspecified atom stereocenters. The van der Waals surface area contributed by atoms with Crippen LogP contribution in [0.3, 0.4) is 0 Å². The van der Waals surface area contributed by atoms with Crippen molar-refractivity contribution in [1.29, 1.82) is 0 Å². The highest BCUT2D eigenvalue weighted by molar-refractivity contribution is 6.04. The molecule has 5 nitrogen and oxygen atoms in total. The smallest absolute Gasteiger partial charge is 0.274 e. The Labute approximate surface area is 124 Å². The standard InChI is InChI=1S/C16H21N3O2/c1-10(2)9-19-16(21)13-8-6-5-7-12(13)14(18-19)15(20)17-11(3)4/h5-8,10-11H,9H2,1-4H3,(H,17,20). The van der Waals surface area contributed by atoms with E-state index in [-0.39, 0.29) is 23.4 Å². The number of hydrogen-bond acceptors (Lipinski definition) is 3. The molecule has 0 atom stereocenters. The van der Waals surface area contributed by atoms with E-state index in [1.165, 1.54) is 4.68 Å². The van der Waals surface area contributed by atoms with Crippen molar-refractivity contribution in [1.82, 2.24) is 15.1 Å². The molecule has 0 spiro atoms. The minimum Gasteiger partial charge on any atom is -0.348 e. The average molecular weight is 287 g/mol. The lowest BCUT2D eigenvalue weighted by atomic mass is 10.1. The van der Waals surface area contributed by atoms with E-state index in [0.717, 1.165) is 0 Å². The van der Waals surface area contributed by atoms with Crippen LogP contribution < -0.4 is 10.9 Å². The number of rotatable bonds is 4. The first-order valence-electron chi connectivity index (χ1n) is 7.21. The summed E-state index contributed by atoms with van der Waals surface area (Å²) >= 11 is 0. The van der Waals surface area contributed by atoms with Crippen LogP contribution in [0.4, 0.5) is 0 Å². The van der Waals surface area contributed by atoms with Crippen LogP contribution >= 0.6 is 0 Å². The van der Waals surface area contributed by atoms with Crippen molar-refractivity contribution in [3.63, 3.8) is 0 Å². The van der Waals surface area contributed by atoms with Gasteiger partial charge in [0, 0.05) is 18.0 Å². The van der Waals surface area contributed by atoms with E-state index in [0.29, 0.717) is 23.0 Å². The van der Waals surface area contributed by atoms with Crippen LogP contribution in [0, 0.1) is 5.92 Å². The van der Waals surface area contributed by atoms with E-state index in [9.17, 15) is 9.59 Å². The Morgan fingerprint density at radius 3 is 2.38 bits per heavy atom. The Bertz CT molecular complexity index is 717.